The second-order valence-electron chi connectivity index (χ2n) is 6.53. The summed E-state index contributed by atoms with van der Waals surface area (Å²) in [6.07, 6.45) is -1.35. The highest BCUT2D eigenvalue weighted by Crippen LogP contribution is 2.42. The van der Waals surface area contributed by atoms with Gasteiger partial charge in [-0.05, 0) is 30.7 Å². The number of carboxylic acid groups (broad SMARTS) is 2. The van der Waals surface area contributed by atoms with Crippen LogP contribution in [0.2, 0.25) is 10.0 Å². The lowest BCUT2D eigenvalue weighted by molar-refractivity contribution is -0.133. The molecule has 0 fully saturated rings. The number of amidine groups is 1. The van der Waals surface area contributed by atoms with E-state index in [-0.39, 0.29) is 32.0 Å². The number of methoxy groups -OCH3 is 1. The topological polar surface area (TPSA) is 99.4 Å². The number of carbonyl (C=O) groups is 2. The Balaban J connectivity index is 2.04. The molecule has 1 aliphatic heterocycles. The molecule has 1 aliphatic rings. The van der Waals surface area contributed by atoms with Gasteiger partial charge in [-0.3, -0.25) is 0 Å². The molecule has 2 aromatic rings. The Morgan fingerprint density at radius 1 is 1.16 bits per heavy atom. The van der Waals surface area contributed by atoms with Gasteiger partial charge in [0.25, 0.3) is 0 Å². The fourth-order valence-corrected chi connectivity index (χ4v) is 4.58. The Morgan fingerprint density at radius 3 is 2.42 bits per heavy atom. The molecular formula is C21H18Cl2N2O5S. The lowest BCUT2D eigenvalue weighted by atomic mass is 9.95. The lowest BCUT2D eigenvalue weighted by Gasteiger charge is -2.34. The van der Waals surface area contributed by atoms with Gasteiger partial charge in [0.05, 0.1) is 28.4 Å². The molecule has 0 aliphatic carbocycles. The van der Waals surface area contributed by atoms with E-state index in [4.69, 9.17) is 27.9 Å². The van der Waals surface area contributed by atoms with Crippen LogP contribution >= 0.6 is 35.0 Å². The average Bonchev–Trinajstić information content (AvgIpc) is 2.73. The molecule has 0 bridgehead atoms. The van der Waals surface area contributed by atoms with E-state index in [1.807, 2.05) is 12.1 Å². The predicted octanol–water partition coefficient (Wildman–Crippen LogP) is 5.68. The van der Waals surface area contributed by atoms with E-state index in [0.717, 1.165) is 10.5 Å². The van der Waals surface area contributed by atoms with E-state index in [1.165, 1.54) is 18.7 Å². The van der Waals surface area contributed by atoms with E-state index in [1.54, 1.807) is 37.4 Å². The molecule has 2 aromatic carbocycles. The molecule has 0 saturated carbocycles. The smallest absolute Gasteiger partial charge is 0.414 e. The molecule has 0 aromatic heterocycles. The number of halogens is 2. The maximum absolute atomic E-state index is 12.2. The Bertz CT molecular complexity index is 1090. The summed E-state index contributed by atoms with van der Waals surface area (Å²) in [6, 6.07) is 10.8. The van der Waals surface area contributed by atoms with Crippen LogP contribution in [0, 0.1) is 0 Å². The van der Waals surface area contributed by atoms with E-state index >= 15 is 0 Å². The third-order valence-corrected chi connectivity index (χ3v) is 6.49. The first kappa shape index (κ1) is 23.0. The fraction of sp³-hybridized carbons (Fsp3) is 0.190. The number of hydrogen-bond donors (Lipinski definition) is 2. The monoisotopic (exact) mass is 480 g/mol. The molecule has 162 valence electrons. The third kappa shape index (κ3) is 4.81. The zero-order valence-electron chi connectivity index (χ0n) is 16.5. The molecule has 0 saturated heterocycles. The van der Waals surface area contributed by atoms with Crippen molar-refractivity contribution in [3.05, 3.63) is 74.9 Å². The van der Waals surface area contributed by atoms with Crippen molar-refractivity contribution < 1.29 is 24.5 Å². The van der Waals surface area contributed by atoms with E-state index in [9.17, 15) is 19.8 Å². The van der Waals surface area contributed by atoms with Crippen molar-refractivity contribution in [1.29, 1.82) is 0 Å². The standard InChI is InChI=1S/C21H18Cl2N2O5S/c1-11-16(19(26)27)18(14-4-3-5-15(22)17(14)23)25(21(28)29)20(24-11)31-10-12-6-8-13(30-2)9-7-12/h3-9,18H,10H2,1-2H3,(H,26,27)(H,28,29). The Kier molecular flexibility index (Phi) is 7.15. The summed E-state index contributed by atoms with van der Waals surface area (Å²) in [7, 11) is 1.57. The summed E-state index contributed by atoms with van der Waals surface area (Å²) in [6.45, 7) is 1.53. The second-order valence-corrected chi connectivity index (χ2v) is 8.26. The number of hydrogen-bond acceptors (Lipinski definition) is 5. The number of carboxylic acids is 1. The second kappa shape index (κ2) is 9.64. The van der Waals surface area contributed by atoms with Crippen LogP contribution in [0.3, 0.4) is 0 Å². The Hall–Kier alpha value is -2.68. The SMILES string of the molecule is COc1ccc(CSC2=NC(C)=C(C(=O)O)C(c3cccc(Cl)c3Cl)N2C(=O)O)cc1. The highest BCUT2D eigenvalue weighted by atomic mass is 35.5. The molecule has 1 amide bonds. The molecule has 2 N–H and O–H groups in total. The fourth-order valence-electron chi connectivity index (χ4n) is 3.16. The van der Waals surface area contributed by atoms with Crippen molar-refractivity contribution >= 4 is 52.2 Å². The summed E-state index contributed by atoms with van der Waals surface area (Å²) in [5.74, 6) is -0.164. The van der Waals surface area contributed by atoms with E-state index < -0.39 is 18.1 Å². The number of aliphatic imine (C=N–C) groups is 1. The largest absolute Gasteiger partial charge is 0.497 e. The van der Waals surface area contributed by atoms with Gasteiger partial charge in [0.15, 0.2) is 5.17 Å². The zero-order chi connectivity index (χ0) is 22.7. The molecule has 31 heavy (non-hydrogen) atoms. The van der Waals surface area contributed by atoms with Gasteiger partial charge in [-0.15, -0.1) is 0 Å². The number of thioether (sulfide) groups is 1. The highest BCUT2D eigenvalue weighted by molar-refractivity contribution is 8.13. The molecule has 0 spiro atoms. The minimum Gasteiger partial charge on any atom is -0.497 e. The lowest BCUT2D eigenvalue weighted by Crippen LogP contribution is -2.42. The van der Waals surface area contributed by atoms with Gasteiger partial charge < -0.3 is 14.9 Å². The number of ether oxygens (including phenoxy) is 1. The number of aliphatic carboxylic acids is 1. The van der Waals surface area contributed by atoms with Gasteiger partial charge in [0.1, 0.15) is 11.8 Å². The van der Waals surface area contributed by atoms with Crippen LogP contribution in [0.5, 0.6) is 5.75 Å². The van der Waals surface area contributed by atoms with Gasteiger partial charge in [-0.2, -0.15) is 0 Å². The molecule has 0 radical (unpaired) electrons. The van der Waals surface area contributed by atoms with Crippen LogP contribution in [0.4, 0.5) is 4.79 Å². The maximum Gasteiger partial charge on any atom is 0.414 e. The number of benzene rings is 2. The van der Waals surface area contributed by atoms with Crippen molar-refractivity contribution in [1.82, 2.24) is 4.90 Å². The number of nitrogens with zero attached hydrogens (tertiary/aromatic N) is 2. The normalized spacial score (nSPS) is 16.2. The van der Waals surface area contributed by atoms with Crippen molar-refractivity contribution in [3.8, 4) is 5.75 Å². The number of allylic oxidation sites excluding steroid dienone is 1. The molecule has 3 rings (SSSR count). The van der Waals surface area contributed by atoms with Gasteiger partial charge in [0.2, 0.25) is 0 Å². The molecule has 7 nitrogen and oxygen atoms in total. The predicted molar refractivity (Wildman–Crippen MR) is 121 cm³/mol. The van der Waals surface area contributed by atoms with Crippen molar-refractivity contribution in [2.75, 3.05) is 7.11 Å². The first-order chi connectivity index (χ1) is 14.7. The molecule has 1 heterocycles. The summed E-state index contributed by atoms with van der Waals surface area (Å²) < 4.78 is 5.14. The van der Waals surface area contributed by atoms with Crippen LogP contribution < -0.4 is 4.74 Å². The quantitative estimate of drug-likeness (QED) is 0.570. The number of rotatable bonds is 5. The molecule has 10 heteroatoms. The van der Waals surface area contributed by atoms with Crippen LogP contribution in [-0.2, 0) is 10.5 Å². The highest BCUT2D eigenvalue weighted by Gasteiger charge is 2.40. The maximum atomic E-state index is 12.2. The van der Waals surface area contributed by atoms with Gasteiger partial charge in [0, 0.05) is 11.3 Å². The van der Waals surface area contributed by atoms with Crippen molar-refractivity contribution in [2.45, 2.75) is 18.7 Å². The summed E-state index contributed by atoms with van der Waals surface area (Å²) in [4.78, 5) is 29.5. The third-order valence-electron chi connectivity index (χ3n) is 4.63. The minimum absolute atomic E-state index is 0.0911. The Morgan fingerprint density at radius 2 is 1.84 bits per heavy atom. The first-order valence-electron chi connectivity index (χ1n) is 8.99. The summed E-state index contributed by atoms with van der Waals surface area (Å²) in [5.41, 5.74) is 1.20. The summed E-state index contributed by atoms with van der Waals surface area (Å²) in [5, 5.41) is 20.2. The summed E-state index contributed by atoms with van der Waals surface area (Å²) >= 11 is 13.6. The average molecular weight is 481 g/mol. The molecule has 1 unspecified atom stereocenters. The molecular weight excluding hydrogens is 463 g/mol. The van der Waals surface area contributed by atoms with E-state index in [2.05, 4.69) is 4.99 Å². The zero-order valence-corrected chi connectivity index (χ0v) is 18.8. The van der Waals surface area contributed by atoms with Crippen molar-refractivity contribution in [3.63, 3.8) is 0 Å². The molecule has 1 atom stereocenters. The minimum atomic E-state index is -1.35. The number of amides is 1. The van der Waals surface area contributed by atoms with Crippen LogP contribution in [0.15, 0.2) is 58.7 Å². The first-order valence-corrected chi connectivity index (χ1v) is 10.7. The van der Waals surface area contributed by atoms with Gasteiger partial charge >= 0.3 is 12.1 Å². The van der Waals surface area contributed by atoms with Crippen LogP contribution in [0.25, 0.3) is 0 Å². The van der Waals surface area contributed by atoms with Gasteiger partial charge in [-0.25, -0.2) is 19.5 Å². The van der Waals surface area contributed by atoms with E-state index in [0.29, 0.717) is 11.5 Å². The van der Waals surface area contributed by atoms with Crippen molar-refractivity contribution in [2.24, 2.45) is 4.99 Å². The Labute approximate surface area is 192 Å². The van der Waals surface area contributed by atoms with Crippen LogP contribution in [0.1, 0.15) is 24.1 Å². The van der Waals surface area contributed by atoms with Crippen LogP contribution in [-0.4, -0.2) is 39.5 Å². The van der Waals surface area contributed by atoms with Gasteiger partial charge in [-0.1, -0.05) is 59.2 Å².